The van der Waals surface area contributed by atoms with Gasteiger partial charge < -0.3 is 9.42 Å². The van der Waals surface area contributed by atoms with E-state index in [2.05, 4.69) is 0 Å². The first-order chi connectivity index (χ1) is 11.9. The third-order valence-electron chi connectivity index (χ3n) is 3.35. The Hall–Kier alpha value is -1.99. The zero-order valence-corrected chi connectivity index (χ0v) is 13.9. The molecule has 1 N–H and O–H groups in total. The molecular weight excluding hydrogens is 385 g/mol. The standard InChI is InChI=1S/C16H13F6O3P/c17-15(18,19)12-4-1-3-11(9-12)7-8-26(23,24)25-14-6-2-5-13(10-14)16(20,21)22/h1-6,9-10H,7-8H2,(H,23,24). The summed E-state index contributed by atoms with van der Waals surface area (Å²) in [7, 11) is -4.36. The van der Waals surface area contributed by atoms with Crippen LogP contribution in [0.4, 0.5) is 26.3 Å². The van der Waals surface area contributed by atoms with E-state index in [9.17, 15) is 35.8 Å². The molecule has 0 aliphatic rings. The number of aryl methyl sites for hydroxylation is 1. The van der Waals surface area contributed by atoms with Crippen LogP contribution in [0.5, 0.6) is 5.75 Å². The van der Waals surface area contributed by atoms with Gasteiger partial charge >= 0.3 is 19.9 Å². The predicted molar refractivity (Wildman–Crippen MR) is 81.9 cm³/mol. The van der Waals surface area contributed by atoms with Gasteiger partial charge in [-0.1, -0.05) is 24.3 Å². The monoisotopic (exact) mass is 398 g/mol. The Morgan fingerprint density at radius 2 is 1.42 bits per heavy atom. The second-order valence-corrected chi connectivity index (χ2v) is 7.33. The van der Waals surface area contributed by atoms with E-state index >= 15 is 0 Å². The fourth-order valence-corrected chi connectivity index (χ4v) is 3.19. The highest BCUT2D eigenvalue weighted by Gasteiger charge is 2.32. The lowest BCUT2D eigenvalue weighted by Crippen LogP contribution is -2.07. The van der Waals surface area contributed by atoms with Crippen LogP contribution in [0, 0.1) is 0 Å². The van der Waals surface area contributed by atoms with Crippen molar-refractivity contribution in [3.05, 3.63) is 65.2 Å². The maximum atomic E-state index is 12.6. The fourth-order valence-electron chi connectivity index (χ4n) is 2.11. The zero-order chi connectivity index (χ0) is 19.6. The molecule has 0 amide bonds. The smallest absolute Gasteiger partial charge is 0.416 e. The van der Waals surface area contributed by atoms with E-state index in [1.54, 1.807) is 0 Å². The van der Waals surface area contributed by atoms with Crippen LogP contribution in [0.1, 0.15) is 16.7 Å². The van der Waals surface area contributed by atoms with Crippen LogP contribution in [0.2, 0.25) is 0 Å². The van der Waals surface area contributed by atoms with Gasteiger partial charge in [0.1, 0.15) is 5.75 Å². The number of hydrogen-bond acceptors (Lipinski definition) is 2. The van der Waals surface area contributed by atoms with Crippen molar-refractivity contribution < 1.29 is 40.3 Å². The summed E-state index contributed by atoms with van der Waals surface area (Å²) in [4.78, 5) is 9.78. The molecule has 0 fully saturated rings. The molecule has 0 saturated heterocycles. The van der Waals surface area contributed by atoms with Crippen LogP contribution >= 0.6 is 7.60 Å². The average Bonchev–Trinajstić information content (AvgIpc) is 2.52. The molecule has 0 radical (unpaired) electrons. The lowest BCUT2D eigenvalue weighted by molar-refractivity contribution is -0.138. The molecule has 10 heteroatoms. The predicted octanol–water partition coefficient (Wildman–Crippen LogP) is 5.53. The topological polar surface area (TPSA) is 46.5 Å². The summed E-state index contributed by atoms with van der Waals surface area (Å²) in [6.45, 7) is 0. The van der Waals surface area contributed by atoms with Gasteiger partial charge in [0.05, 0.1) is 17.3 Å². The Kier molecular flexibility index (Phi) is 5.73. The molecule has 0 spiro atoms. The third-order valence-corrected chi connectivity index (χ3v) is 4.63. The van der Waals surface area contributed by atoms with Crippen LogP contribution < -0.4 is 4.52 Å². The van der Waals surface area contributed by atoms with Gasteiger partial charge in [-0.2, -0.15) is 26.3 Å². The Morgan fingerprint density at radius 1 is 0.885 bits per heavy atom. The van der Waals surface area contributed by atoms with E-state index in [-0.39, 0.29) is 12.0 Å². The SMILES string of the molecule is O=P(O)(CCc1cccc(C(F)(F)F)c1)Oc1cccc(C(F)(F)F)c1. The third kappa shape index (κ3) is 5.78. The van der Waals surface area contributed by atoms with Crippen molar-refractivity contribution in [2.24, 2.45) is 0 Å². The molecule has 2 aromatic carbocycles. The van der Waals surface area contributed by atoms with Gasteiger partial charge in [-0.25, -0.2) is 4.57 Å². The molecule has 142 valence electrons. The summed E-state index contributed by atoms with van der Waals surface area (Å²) in [5, 5.41) is 0. The molecule has 2 rings (SSSR count). The van der Waals surface area contributed by atoms with E-state index in [0.717, 1.165) is 36.4 Å². The van der Waals surface area contributed by atoms with Crippen LogP contribution in [0.15, 0.2) is 48.5 Å². The van der Waals surface area contributed by atoms with Crippen LogP contribution in [-0.4, -0.2) is 11.1 Å². The van der Waals surface area contributed by atoms with E-state index in [1.807, 2.05) is 0 Å². The lowest BCUT2D eigenvalue weighted by atomic mass is 10.1. The maximum Gasteiger partial charge on any atom is 0.416 e. The van der Waals surface area contributed by atoms with E-state index in [4.69, 9.17) is 4.52 Å². The van der Waals surface area contributed by atoms with Crippen molar-refractivity contribution in [3.8, 4) is 5.75 Å². The van der Waals surface area contributed by atoms with Crippen molar-refractivity contribution in [2.75, 3.05) is 6.16 Å². The summed E-state index contributed by atoms with van der Waals surface area (Å²) in [5.41, 5.74) is -1.80. The van der Waals surface area contributed by atoms with E-state index in [0.29, 0.717) is 6.07 Å². The van der Waals surface area contributed by atoms with Crippen molar-refractivity contribution in [1.29, 1.82) is 0 Å². The molecule has 0 aromatic heterocycles. The molecule has 0 aliphatic heterocycles. The average molecular weight is 398 g/mol. The Labute approximate surface area is 144 Å². The van der Waals surface area contributed by atoms with Gasteiger partial charge in [-0.05, 0) is 36.2 Å². The van der Waals surface area contributed by atoms with Crippen LogP contribution in [0.25, 0.3) is 0 Å². The van der Waals surface area contributed by atoms with Crippen molar-refractivity contribution in [3.63, 3.8) is 0 Å². The molecule has 0 aliphatic carbocycles. The van der Waals surface area contributed by atoms with Crippen molar-refractivity contribution >= 4 is 7.60 Å². The normalized spacial score (nSPS) is 14.7. The molecule has 0 heterocycles. The first-order valence-electron chi connectivity index (χ1n) is 7.22. The second-order valence-electron chi connectivity index (χ2n) is 5.43. The van der Waals surface area contributed by atoms with Gasteiger partial charge in [-0.15, -0.1) is 0 Å². The Bertz CT molecular complexity index is 816. The van der Waals surface area contributed by atoms with E-state index in [1.165, 1.54) is 6.07 Å². The molecule has 2 aromatic rings. The number of halogens is 6. The van der Waals surface area contributed by atoms with Crippen LogP contribution in [-0.2, 0) is 23.3 Å². The molecule has 0 saturated carbocycles. The Morgan fingerprint density at radius 3 is 2.00 bits per heavy atom. The summed E-state index contributed by atoms with van der Waals surface area (Å²) < 4.78 is 92.6. The quantitative estimate of drug-likeness (QED) is 0.532. The molecule has 1 unspecified atom stereocenters. The molecule has 1 atom stereocenters. The minimum atomic E-state index is -4.64. The number of benzene rings is 2. The zero-order valence-electron chi connectivity index (χ0n) is 13.0. The maximum absolute atomic E-state index is 12.6. The summed E-state index contributed by atoms with van der Waals surface area (Å²) in [6, 6.07) is 7.66. The van der Waals surface area contributed by atoms with Gasteiger partial charge in [0.2, 0.25) is 0 Å². The fraction of sp³-hybridized carbons (Fsp3) is 0.250. The summed E-state index contributed by atoms with van der Waals surface area (Å²) >= 11 is 0. The summed E-state index contributed by atoms with van der Waals surface area (Å²) in [6.07, 6.45) is -9.95. The molecular formula is C16H13F6O3P. The highest BCUT2D eigenvalue weighted by Crippen LogP contribution is 2.44. The van der Waals surface area contributed by atoms with Gasteiger partial charge in [0.25, 0.3) is 0 Å². The van der Waals surface area contributed by atoms with Gasteiger partial charge in [0, 0.05) is 0 Å². The minimum absolute atomic E-state index is 0.154. The lowest BCUT2D eigenvalue weighted by Gasteiger charge is -2.15. The van der Waals surface area contributed by atoms with Crippen LogP contribution in [0.3, 0.4) is 0 Å². The van der Waals surface area contributed by atoms with Gasteiger partial charge in [0.15, 0.2) is 0 Å². The van der Waals surface area contributed by atoms with Gasteiger partial charge in [-0.3, -0.25) is 0 Å². The van der Waals surface area contributed by atoms with Crippen molar-refractivity contribution in [1.82, 2.24) is 0 Å². The van der Waals surface area contributed by atoms with E-state index < -0.39 is 43.0 Å². The highest BCUT2D eigenvalue weighted by atomic mass is 31.2. The largest absolute Gasteiger partial charge is 0.424 e. The Balaban J connectivity index is 2.07. The highest BCUT2D eigenvalue weighted by molar-refractivity contribution is 7.53. The number of rotatable bonds is 5. The molecule has 26 heavy (non-hydrogen) atoms. The van der Waals surface area contributed by atoms with Crippen molar-refractivity contribution in [2.45, 2.75) is 18.8 Å². The minimum Gasteiger partial charge on any atom is -0.424 e. The molecule has 0 bridgehead atoms. The first-order valence-corrected chi connectivity index (χ1v) is 8.98. The first kappa shape index (κ1) is 20.3. The summed E-state index contributed by atoms with van der Waals surface area (Å²) in [5.74, 6) is -0.449. The second kappa shape index (κ2) is 7.32. The molecule has 3 nitrogen and oxygen atoms in total. The number of alkyl halides is 6. The number of hydrogen-bond donors (Lipinski definition) is 1.